The van der Waals surface area contributed by atoms with Gasteiger partial charge >= 0.3 is 6.03 Å². The van der Waals surface area contributed by atoms with Crippen LogP contribution >= 0.6 is 27.3 Å². The van der Waals surface area contributed by atoms with Crippen LogP contribution in [-0.4, -0.2) is 6.03 Å². The Bertz CT molecular complexity index is 616. The molecule has 0 atom stereocenters. The molecule has 1 aromatic heterocycles. The first-order valence-corrected chi connectivity index (χ1v) is 7.13. The Kier molecular flexibility index (Phi) is 4.55. The Morgan fingerprint density at radius 3 is 2.63 bits per heavy atom. The number of amides is 2. The number of carbonyl (C=O) groups excluding carboxylic acids is 1. The molecule has 0 aliphatic heterocycles. The van der Waals surface area contributed by atoms with Gasteiger partial charge in [-0.1, -0.05) is 0 Å². The van der Waals surface area contributed by atoms with Gasteiger partial charge < -0.3 is 10.6 Å². The van der Waals surface area contributed by atoms with Crippen LogP contribution in [0, 0.1) is 11.3 Å². The number of benzene rings is 1. The average Bonchev–Trinajstić information content (AvgIpc) is 2.83. The van der Waals surface area contributed by atoms with E-state index < -0.39 is 0 Å². The van der Waals surface area contributed by atoms with Crippen molar-refractivity contribution in [2.45, 2.75) is 6.54 Å². The van der Waals surface area contributed by atoms with Gasteiger partial charge in [-0.3, -0.25) is 0 Å². The minimum atomic E-state index is -0.273. The molecule has 6 heteroatoms. The van der Waals surface area contributed by atoms with Crippen LogP contribution < -0.4 is 10.6 Å². The third-order valence-corrected chi connectivity index (χ3v) is 4.30. The second kappa shape index (κ2) is 6.36. The van der Waals surface area contributed by atoms with Crippen molar-refractivity contribution in [3.05, 3.63) is 50.6 Å². The molecule has 0 fully saturated rings. The predicted octanol–water partition coefficient (Wildman–Crippen LogP) is 3.70. The summed E-state index contributed by atoms with van der Waals surface area (Å²) in [6.45, 7) is 0.473. The van der Waals surface area contributed by atoms with Crippen LogP contribution in [-0.2, 0) is 6.54 Å². The number of thiophene rings is 1. The van der Waals surface area contributed by atoms with Gasteiger partial charge in [-0.15, -0.1) is 11.3 Å². The summed E-state index contributed by atoms with van der Waals surface area (Å²) in [5.41, 5.74) is 1.22. The molecule has 4 nitrogen and oxygen atoms in total. The third-order valence-electron chi connectivity index (χ3n) is 2.37. The normalized spacial score (nSPS) is 9.68. The van der Waals surface area contributed by atoms with E-state index >= 15 is 0 Å². The highest BCUT2D eigenvalue weighted by Gasteiger charge is 2.05. The lowest BCUT2D eigenvalue weighted by atomic mass is 10.2. The number of carbonyl (C=O) groups is 1. The number of urea groups is 1. The highest BCUT2D eigenvalue weighted by atomic mass is 79.9. The molecule has 0 saturated carbocycles. The second-order valence-corrected chi connectivity index (χ2v) is 5.54. The number of nitrogens with zero attached hydrogens (tertiary/aromatic N) is 1. The van der Waals surface area contributed by atoms with Gasteiger partial charge in [0.25, 0.3) is 0 Å². The molecule has 2 aromatic rings. The standard InChI is InChI=1S/C13H10BrN3OS/c14-11-5-6-19-12(11)8-16-13(18)17-10-3-1-9(7-15)2-4-10/h1-6H,8H2,(H2,16,17,18). The Labute approximate surface area is 123 Å². The van der Waals surface area contributed by atoms with Crippen molar-refractivity contribution in [2.24, 2.45) is 0 Å². The molecular formula is C13H10BrN3OS. The van der Waals surface area contributed by atoms with E-state index in [2.05, 4.69) is 26.6 Å². The molecule has 1 heterocycles. The van der Waals surface area contributed by atoms with Gasteiger partial charge in [-0.05, 0) is 51.6 Å². The fourth-order valence-corrected chi connectivity index (χ4v) is 2.85. The van der Waals surface area contributed by atoms with E-state index in [0.29, 0.717) is 17.8 Å². The van der Waals surface area contributed by atoms with Crippen molar-refractivity contribution >= 4 is 39.0 Å². The van der Waals surface area contributed by atoms with Crippen LogP contribution in [0.4, 0.5) is 10.5 Å². The number of hydrogen-bond acceptors (Lipinski definition) is 3. The molecule has 2 rings (SSSR count). The minimum absolute atomic E-state index is 0.273. The summed E-state index contributed by atoms with van der Waals surface area (Å²) in [5.74, 6) is 0. The maximum atomic E-state index is 11.7. The van der Waals surface area contributed by atoms with Gasteiger partial charge in [0.2, 0.25) is 0 Å². The van der Waals surface area contributed by atoms with Gasteiger partial charge in [-0.25, -0.2) is 4.79 Å². The zero-order chi connectivity index (χ0) is 13.7. The van der Waals surface area contributed by atoms with Crippen molar-refractivity contribution < 1.29 is 4.79 Å². The van der Waals surface area contributed by atoms with Crippen LogP contribution in [0.1, 0.15) is 10.4 Å². The first-order valence-electron chi connectivity index (χ1n) is 5.46. The summed E-state index contributed by atoms with van der Waals surface area (Å²) in [6.07, 6.45) is 0. The van der Waals surface area contributed by atoms with Crippen molar-refractivity contribution in [2.75, 3.05) is 5.32 Å². The van der Waals surface area contributed by atoms with Crippen LogP contribution in [0.2, 0.25) is 0 Å². The molecule has 0 radical (unpaired) electrons. The molecular weight excluding hydrogens is 326 g/mol. The van der Waals surface area contributed by atoms with Crippen molar-refractivity contribution in [3.8, 4) is 6.07 Å². The lowest BCUT2D eigenvalue weighted by Gasteiger charge is -2.07. The van der Waals surface area contributed by atoms with Crippen molar-refractivity contribution in [3.63, 3.8) is 0 Å². The Balaban J connectivity index is 1.87. The van der Waals surface area contributed by atoms with Gasteiger partial charge in [0, 0.05) is 15.0 Å². The molecule has 0 aliphatic rings. The molecule has 0 aliphatic carbocycles. The molecule has 0 bridgehead atoms. The zero-order valence-electron chi connectivity index (χ0n) is 9.81. The summed E-state index contributed by atoms with van der Waals surface area (Å²) in [5, 5.41) is 16.1. The second-order valence-electron chi connectivity index (χ2n) is 3.69. The quantitative estimate of drug-likeness (QED) is 0.897. The lowest BCUT2D eigenvalue weighted by Crippen LogP contribution is -2.27. The van der Waals surface area contributed by atoms with Crippen LogP contribution in [0.15, 0.2) is 40.2 Å². The fourth-order valence-electron chi connectivity index (χ4n) is 1.42. The van der Waals surface area contributed by atoms with Crippen LogP contribution in [0.3, 0.4) is 0 Å². The van der Waals surface area contributed by atoms with Crippen molar-refractivity contribution in [1.82, 2.24) is 5.32 Å². The topological polar surface area (TPSA) is 64.9 Å². The molecule has 2 N–H and O–H groups in total. The van der Waals surface area contributed by atoms with Gasteiger partial charge in [0.1, 0.15) is 0 Å². The molecule has 0 saturated heterocycles. The van der Waals surface area contributed by atoms with E-state index in [1.165, 1.54) is 0 Å². The smallest absolute Gasteiger partial charge is 0.319 e. The lowest BCUT2D eigenvalue weighted by molar-refractivity contribution is 0.252. The average molecular weight is 336 g/mol. The summed E-state index contributed by atoms with van der Waals surface area (Å²) in [7, 11) is 0. The Morgan fingerprint density at radius 1 is 1.32 bits per heavy atom. The summed E-state index contributed by atoms with van der Waals surface area (Å²) < 4.78 is 0.996. The number of halogens is 1. The molecule has 2 amide bonds. The molecule has 19 heavy (non-hydrogen) atoms. The summed E-state index contributed by atoms with van der Waals surface area (Å²) in [6, 6.07) is 10.4. The molecule has 96 valence electrons. The van der Waals surface area contributed by atoms with Gasteiger partial charge in [-0.2, -0.15) is 5.26 Å². The molecule has 1 aromatic carbocycles. The van der Waals surface area contributed by atoms with E-state index in [-0.39, 0.29) is 6.03 Å². The van der Waals surface area contributed by atoms with Gasteiger partial charge in [0.05, 0.1) is 18.2 Å². The number of hydrogen-bond donors (Lipinski definition) is 2. The minimum Gasteiger partial charge on any atom is -0.333 e. The number of nitrogens with one attached hydrogen (secondary N) is 2. The predicted molar refractivity (Wildman–Crippen MR) is 79.0 cm³/mol. The molecule has 0 spiro atoms. The number of rotatable bonds is 3. The molecule has 0 unspecified atom stereocenters. The Hall–Kier alpha value is -1.84. The van der Waals surface area contributed by atoms with Gasteiger partial charge in [0.15, 0.2) is 0 Å². The zero-order valence-corrected chi connectivity index (χ0v) is 12.2. The van der Waals surface area contributed by atoms with Crippen LogP contribution in [0.25, 0.3) is 0 Å². The number of nitriles is 1. The van der Waals surface area contributed by atoms with E-state index in [1.807, 2.05) is 17.5 Å². The SMILES string of the molecule is N#Cc1ccc(NC(=O)NCc2sccc2Br)cc1. The largest absolute Gasteiger partial charge is 0.333 e. The van der Waals surface area contributed by atoms with E-state index in [0.717, 1.165) is 9.35 Å². The maximum Gasteiger partial charge on any atom is 0.319 e. The number of anilines is 1. The van der Waals surface area contributed by atoms with E-state index in [1.54, 1.807) is 35.6 Å². The first kappa shape index (κ1) is 13.6. The summed E-state index contributed by atoms with van der Waals surface area (Å²) in [4.78, 5) is 12.7. The third kappa shape index (κ3) is 3.81. The Morgan fingerprint density at radius 2 is 2.05 bits per heavy atom. The van der Waals surface area contributed by atoms with Crippen LogP contribution in [0.5, 0.6) is 0 Å². The van der Waals surface area contributed by atoms with Crippen molar-refractivity contribution in [1.29, 1.82) is 5.26 Å². The highest BCUT2D eigenvalue weighted by molar-refractivity contribution is 9.10. The highest BCUT2D eigenvalue weighted by Crippen LogP contribution is 2.22. The maximum absolute atomic E-state index is 11.7. The first-order chi connectivity index (χ1) is 9.19. The monoisotopic (exact) mass is 335 g/mol. The summed E-state index contributed by atoms with van der Waals surface area (Å²) >= 11 is 4.98. The fraction of sp³-hybridized carbons (Fsp3) is 0.0769. The van der Waals surface area contributed by atoms with E-state index in [4.69, 9.17) is 5.26 Å². The van der Waals surface area contributed by atoms with E-state index in [9.17, 15) is 4.79 Å².